The minimum absolute atomic E-state index is 0.0381. The Morgan fingerprint density at radius 3 is 2.68 bits per heavy atom. The average Bonchev–Trinajstić information content (AvgIpc) is 3.01. The number of hydrogen-bond acceptors (Lipinski definition) is 4. The van der Waals surface area contributed by atoms with Gasteiger partial charge in [-0.2, -0.15) is 0 Å². The maximum absolute atomic E-state index is 13.9. The quantitative estimate of drug-likeness (QED) is 0.542. The Morgan fingerprint density at radius 2 is 1.94 bits per heavy atom. The smallest absolute Gasteiger partial charge is 0.224 e. The molecule has 0 spiro atoms. The summed E-state index contributed by atoms with van der Waals surface area (Å²) < 4.78 is 13.9. The largest absolute Gasteiger partial charge is 0.370 e. The van der Waals surface area contributed by atoms with Crippen LogP contribution in [0.15, 0.2) is 36.4 Å². The maximum Gasteiger partial charge on any atom is 0.224 e. The van der Waals surface area contributed by atoms with Crippen LogP contribution in [-0.2, 0) is 11.2 Å². The van der Waals surface area contributed by atoms with Crippen molar-refractivity contribution < 1.29 is 9.18 Å². The molecule has 7 heteroatoms. The number of rotatable bonds is 5. The molecule has 180 valence electrons. The summed E-state index contributed by atoms with van der Waals surface area (Å²) in [6.07, 6.45) is 1.31. The Kier molecular flexibility index (Phi) is 7.39. The molecule has 0 aliphatic carbocycles. The van der Waals surface area contributed by atoms with Crippen molar-refractivity contribution >= 4 is 34.1 Å². The maximum atomic E-state index is 13.9. The Labute approximate surface area is 205 Å². The lowest BCUT2D eigenvalue weighted by atomic mass is 9.94. The highest BCUT2D eigenvalue weighted by Gasteiger charge is 2.20. The highest BCUT2D eigenvalue weighted by atomic mass is 35.5. The highest BCUT2D eigenvalue weighted by molar-refractivity contribution is 6.31. The minimum atomic E-state index is -0.477. The third-order valence-electron chi connectivity index (χ3n) is 6.42. The van der Waals surface area contributed by atoms with Crippen LogP contribution in [-0.4, -0.2) is 55.1 Å². The molecule has 1 aliphatic rings. The van der Waals surface area contributed by atoms with Gasteiger partial charge in [0.15, 0.2) is 0 Å². The van der Waals surface area contributed by atoms with Gasteiger partial charge in [0.2, 0.25) is 5.91 Å². The fourth-order valence-corrected chi connectivity index (χ4v) is 4.76. The van der Waals surface area contributed by atoms with Crippen molar-refractivity contribution in [3.05, 3.63) is 58.4 Å². The van der Waals surface area contributed by atoms with E-state index in [1.807, 2.05) is 26.8 Å². The molecule has 0 bridgehead atoms. The normalized spacial score (nSPS) is 15.1. The van der Waals surface area contributed by atoms with Gasteiger partial charge in [-0.15, -0.1) is 0 Å². The standard InChI is InChI=1S/C27H32ClFN4O/c1-17(2)30-26(34)16-22-18(3)21-15-20(33-11-5-10-32(4)12-13-33)7-9-25(21)31-27(22)19-6-8-24(29)23(28)14-19/h6-9,14-15,17H,5,10-13,16H2,1-4H3,(H,30,34). The van der Waals surface area contributed by atoms with E-state index >= 15 is 0 Å². The summed E-state index contributed by atoms with van der Waals surface area (Å²) in [5.74, 6) is -0.546. The Bertz CT molecular complexity index is 1210. The predicted molar refractivity (Wildman–Crippen MR) is 138 cm³/mol. The molecule has 2 heterocycles. The molecule has 1 fully saturated rings. The first-order chi connectivity index (χ1) is 16.2. The van der Waals surface area contributed by atoms with Crippen molar-refractivity contribution in [1.29, 1.82) is 0 Å². The van der Waals surface area contributed by atoms with Crippen LogP contribution in [0.25, 0.3) is 22.2 Å². The number of hydrogen-bond donors (Lipinski definition) is 1. The van der Waals surface area contributed by atoms with E-state index in [9.17, 15) is 9.18 Å². The second kappa shape index (κ2) is 10.3. The van der Waals surface area contributed by atoms with Crippen LogP contribution in [0.2, 0.25) is 5.02 Å². The third kappa shape index (κ3) is 5.34. The number of anilines is 1. The lowest BCUT2D eigenvalue weighted by Gasteiger charge is -2.24. The number of likely N-dealkylation sites (N-methyl/N-ethyl adjacent to an activating group) is 1. The van der Waals surface area contributed by atoms with Gasteiger partial charge >= 0.3 is 0 Å². The SMILES string of the molecule is Cc1c(CC(=O)NC(C)C)c(-c2ccc(F)c(Cl)c2)nc2ccc(N3CCCN(C)CC3)cc12. The van der Waals surface area contributed by atoms with E-state index < -0.39 is 5.82 Å². The van der Waals surface area contributed by atoms with Gasteiger partial charge in [0.05, 0.1) is 22.7 Å². The molecule has 4 rings (SSSR count). The number of halogens is 2. The van der Waals surface area contributed by atoms with Gasteiger partial charge in [-0.25, -0.2) is 9.37 Å². The van der Waals surface area contributed by atoms with Crippen LogP contribution in [0, 0.1) is 12.7 Å². The van der Waals surface area contributed by atoms with Crippen LogP contribution in [0.4, 0.5) is 10.1 Å². The molecule has 1 saturated heterocycles. The molecule has 34 heavy (non-hydrogen) atoms. The van der Waals surface area contributed by atoms with Crippen LogP contribution < -0.4 is 10.2 Å². The molecule has 0 atom stereocenters. The van der Waals surface area contributed by atoms with Gasteiger partial charge in [0.25, 0.3) is 0 Å². The molecule has 2 aromatic carbocycles. The number of aryl methyl sites for hydroxylation is 1. The molecule has 5 nitrogen and oxygen atoms in total. The first-order valence-electron chi connectivity index (χ1n) is 11.8. The molecule has 0 radical (unpaired) electrons. The molecule has 1 aromatic heterocycles. The fraction of sp³-hybridized carbons (Fsp3) is 0.407. The molecular weight excluding hydrogens is 451 g/mol. The molecule has 0 unspecified atom stereocenters. The summed E-state index contributed by atoms with van der Waals surface area (Å²) in [5.41, 5.74) is 5.21. The van der Waals surface area contributed by atoms with Crippen molar-refractivity contribution in [2.75, 3.05) is 38.1 Å². The van der Waals surface area contributed by atoms with Gasteiger partial charge in [-0.05, 0) is 88.3 Å². The zero-order chi connectivity index (χ0) is 24.4. The van der Waals surface area contributed by atoms with Crippen molar-refractivity contribution in [2.45, 2.75) is 39.7 Å². The van der Waals surface area contributed by atoms with E-state index in [1.54, 1.807) is 12.1 Å². The first kappa shape index (κ1) is 24.4. The van der Waals surface area contributed by atoms with Crippen LogP contribution in [0.5, 0.6) is 0 Å². The van der Waals surface area contributed by atoms with Gasteiger partial charge in [-0.3, -0.25) is 4.79 Å². The number of benzene rings is 2. The zero-order valence-electron chi connectivity index (χ0n) is 20.3. The number of fused-ring (bicyclic) bond motifs is 1. The summed E-state index contributed by atoms with van der Waals surface area (Å²) in [5, 5.41) is 4.04. The summed E-state index contributed by atoms with van der Waals surface area (Å²) in [6.45, 7) is 10.0. The van der Waals surface area contributed by atoms with E-state index in [1.165, 1.54) is 11.8 Å². The van der Waals surface area contributed by atoms with Crippen LogP contribution >= 0.6 is 11.6 Å². The highest BCUT2D eigenvalue weighted by Crippen LogP contribution is 2.34. The number of nitrogens with zero attached hydrogens (tertiary/aromatic N) is 3. The van der Waals surface area contributed by atoms with Gasteiger partial charge in [-0.1, -0.05) is 11.6 Å². The van der Waals surface area contributed by atoms with Gasteiger partial charge < -0.3 is 15.1 Å². The van der Waals surface area contributed by atoms with E-state index in [0.717, 1.165) is 54.6 Å². The topological polar surface area (TPSA) is 48.5 Å². The first-order valence-corrected chi connectivity index (χ1v) is 12.2. The second-order valence-corrected chi connectivity index (χ2v) is 9.84. The number of aromatic nitrogens is 1. The van der Waals surface area contributed by atoms with E-state index in [-0.39, 0.29) is 23.4 Å². The summed E-state index contributed by atoms with van der Waals surface area (Å²) in [4.78, 5) is 22.5. The molecule has 0 saturated carbocycles. The fourth-order valence-electron chi connectivity index (χ4n) is 4.58. The van der Waals surface area contributed by atoms with Crippen molar-refractivity contribution in [2.24, 2.45) is 0 Å². The van der Waals surface area contributed by atoms with Crippen molar-refractivity contribution in [3.8, 4) is 11.3 Å². The average molecular weight is 483 g/mol. The van der Waals surface area contributed by atoms with Crippen molar-refractivity contribution in [3.63, 3.8) is 0 Å². The van der Waals surface area contributed by atoms with Gasteiger partial charge in [0, 0.05) is 42.3 Å². The van der Waals surface area contributed by atoms with Crippen molar-refractivity contribution in [1.82, 2.24) is 15.2 Å². The number of carbonyl (C=O) groups is 1. The Balaban J connectivity index is 1.82. The van der Waals surface area contributed by atoms with Crippen LogP contribution in [0.3, 0.4) is 0 Å². The molecular formula is C27H32ClFN4O. The second-order valence-electron chi connectivity index (χ2n) is 9.44. The number of amides is 1. The number of nitrogens with one attached hydrogen (secondary N) is 1. The summed E-state index contributed by atoms with van der Waals surface area (Å²) in [6, 6.07) is 11.0. The molecule has 1 N–H and O–H groups in total. The van der Waals surface area contributed by atoms with E-state index in [2.05, 4.69) is 34.3 Å². The number of pyridine rings is 1. The Morgan fingerprint density at radius 1 is 1.15 bits per heavy atom. The monoisotopic (exact) mass is 482 g/mol. The lowest BCUT2D eigenvalue weighted by Crippen LogP contribution is -2.31. The lowest BCUT2D eigenvalue weighted by molar-refractivity contribution is -0.120. The third-order valence-corrected chi connectivity index (χ3v) is 6.71. The van der Waals surface area contributed by atoms with Gasteiger partial charge in [0.1, 0.15) is 5.82 Å². The van der Waals surface area contributed by atoms with E-state index in [0.29, 0.717) is 11.3 Å². The predicted octanol–water partition coefficient (Wildman–Crippen LogP) is 5.21. The minimum Gasteiger partial charge on any atom is -0.370 e. The van der Waals surface area contributed by atoms with Crippen LogP contribution in [0.1, 0.15) is 31.4 Å². The summed E-state index contributed by atoms with van der Waals surface area (Å²) in [7, 11) is 2.16. The summed E-state index contributed by atoms with van der Waals surface area (Å²) >= 11 is 6.09. The molecule has 1 amide bonds. The molecule has 3 aromatic rings. The zero-order valence-corrected chi connectivity index (χ0v) is 21.0. The number of carbonyl (C=O) groups excluding carboxylic acids is 1. The Hall–Kier alpha value is -2.70. The van der Waals surface area contributed by atoms with E-state index in [4.69, 9.17) is 16.6 Å². The molecule has 1 aliphatic heterocycles.